The Balaban J connectivity index is 1.68. The zero-order valence-corrected chi connectivity index (χ0v) is 15.5. The first kappa shape index (κ1) is 20.8. The van der Waals surface area contributed by atoms with Crippen LogP contribution in [0.4, 0.5) is 24.5 Å². The van der Waals surface area contributed by atoms with E-state index >= 15 is 0 Å². The summed E-state index contributed by atoms with van der Waals surface area (Å²) in [6.07, 6.45) is 1.22. The average Bonchev–Trinajstić information content (AvgIpc) is 3.09. The van der Waals surface area contributed by atoms with Gasteiger partial charge in [0.1, 0.15) is 11.4 Å². The molecule has 3 amide bonds. The third kappa shape index (κ3) is 3.95. The van der Waals surface area contributed by atoms with Gasteiger partial charge in [0.05, 0.1) is 11.9 Å². The van der Waals surface area contributed by atoms with Crippen LogP contribution in [0.1, 0.15) is 17.3 Å². The second-order valence-electron chi connectivity index (χ2n) is 6.66. The zero-order chi connectivity index (χ0) is 22.1. The van der Waals surface area contributed by atoms with E-state index in [9.17, 15) is 27.6 Å². The van der Waals surface area contributed by atoms with Gasteiger partial charge in [0.2, 0.25) is 5.91 Å². The number of nitrogens with two attached hydrogens (primary N) is 1. The van der Waals surface area contributed by atoms with E-state index in [0.29, 0.717) is 17.8 Å². The Labute approximate surface area is 168 Å². The molecular weight excluding hydrogens is 403 g/mol. The van der Waals surface area contributed by atoms with Crippen molar-refractivity contribution in [3.63, 3.8) is 0 Å². The molecule has 30 heavy (non-hydrogen) atoms. The molecule has 0 spiro atoms. The van der Waals surface area contributed by atoms with Crippen LogP contribution in [0.5, 0.6) is 0 Å². The molecule has 2 unspecified atom stereocenters. The van der Waals surface area contributed by atoms with Gasteiger partial charge in [-0.05, 0) is 37.3 Å². The van der Waals surface area contributed by atoms with Crippen LogP contribution in [0.2, 0.25) is 0 Å². The molecule has 0 saturated heterocycles. The number of aliphatic imine (C=N–C) groups is 1. The number of halogens is 3. The monoisotopic (exact) mass is 419 g/mol. The second-order valence-corrected chi connectivity index (χ2v) is 6.66. The molecule has 0 aromatic heterocycles. The number of hydrogen-bond donors (Lipinski definition) is 4. The van der Waals surface area contributed by atoms with Crippen molar-refractivity contribution < 1.29 is 27.6 Å². The summed E-state index contributed by atoms with van der Waals surface area (Å²) < 4.78 is 40.2. The summed E-state index contributed by atoms with van der Waals surface area (Å²) in [5.74, 6) is -6.44. The normalized spacial score (nSPS) is 19.8. The number of benzene rings is 2. The molecule has 0 aliphatic carbocycles. The third-order valence-electron chi connectivity index (χ3n) is 4.54. The van der Waals surface area contributed by atoms with Crippen LogP contribution in [0, 0.1) is 17.5 Å². The number of nitrogens with zero attached hydrogens (tertiary/aromatic N) is 1. The molecule has 8 nitrogen and oxygen atoms in total. The molecule has 5 N–H and O–H groups in total. The Morgan fingerprint density at radius 1 is 1.07 bits per heavy atom. The summed E-state index contributed by atoms with van der Waals surface area (Å²) >= 11 is 0. The fraction of sp³-hybridized carbons (Fsp3) is 0.158. The van der Waals surface area contributed by atoms with Crippen LogP contribution in [0.25, 0.3) is 0 Å². The number of amides is 3. The Bertz CT molecular complexity index is 1060. The molecule has 3 rings (SSSR count). The maximum Gasteiger partial charge on any atom is 0.258 e. The summed E-state index contributed by atoms with van der Waals surface area (Å²) in [6.45, 7) is 1.44. The van der Waals surface area contributed by atoms with Crippen molar-refractivity contribution in [3.8, 4) is 0 Å². The molecular formula is C19H16F3N5O3. The average molecular weight is 419 g/mol. The number of hydrogen-bond acceptors (Lipinski definition) is 5. The predicted octanol–water partition coefficient (Wildman–Crippen LogP) is 1.54. The van der Waals surface area contributed by atoms with E-state index in [-0.39, 0.29) is 5.69 Å². The van der Waals surface area contributed by atoms with Gasteiger partial charge in [0.25, 0.3) is 11.8 Å². The molecule has 0 saturated carbocycles. The highest BCUT2D eigenvalue weighted by molar-refractivity contribution is 6.05. The van der Waals surface area contributed by atoms with E-state index in [4.69, 9.17) is 5.73 Å². The van der Waals surface area contributed by atoms with Crippen molar-refractivity contribution in [2.24, 2.45) is 10.7 Å². The summed E-state index contributed by atoms with van der Waals surface area (Å²) in [6, 6.07) is 5.42. The van der Waals surface area contributed by atoms with E-state index in [2.05, 4.69) is 20.9 Å². The molecule has 1 heterocycles. The second kappa shape index (κ2) is 7.85. The van der Waals surface area contributed by atoms with Gasteiger partial charge in [-0.3, -0.25) is 19.4 Å². The number of carbonyl (C=O) groups excluding carboxylic acids is 3. The van der Waals surface area contributed by atoms with E-state index in [0.717, 1.165) is 0 Å². The molecule has 1 aliphatic heterocycles. The lowest BCUT2D eigenvalue weighted by atomic mass is 9.92. The van der Waals surface area contributed by atoms with Crippen molar-refractivity contribution in [2.45, 2.75) is 18.5 Å². The van der Waals surface area contributed by atoms with Gasteiger partial charge in [-0.25, -0.2) is 13.2 Å². The lowest BCUT2D eigenvalue weighted by Crippen LogP contribution is -2.59. The zero-order valence-electron chi connectivity index (χ0n) is 15.5. The van der Waals surface area contributed by atoms with Crippen LogP contribution in [0.3, 0.4) is 0 Å². The van der Waals surface area contributed by atoms with E-state index in [1.807, 2.05) is 0 Å². The molecule has 2 aromatic carbocycles. The van der Waals surface area contributed by atoms with E-state index < -0.39 is 52.3 Å². The molecule has 2 atom stereocenters. The maximum absolute atomic E-state index is 13.7. The first-order chi connectivity index (χ1) is 14.1. The Morgan fingerprint density at radius 2 is 1.67 bits per heavy atom. The third-order valence-corrected chi connectivity index (χ3v) is 4.54. The number of nitrogens with one attached hydrogen (secondary N) is 3. The van der Waals surface area contributed by atoms with Crippen LogP contribution < -0.4 is 21.7 Å². The van der Waals surface area contributed by atoms with Crippen molar-refractivity contribution in [1.29, 1.82) is 0 Å². The highest BCUT2D eigenvalue weighted by Crippen LogP contribution is 2.21. The molecule has 0 fully saturated rings. The summed E-state index contributed by atoms with van der Waals surface area (Å²) in [5.41, 5.74) is 3.66. The van der Waals surface area contributed by atoms with Crippen LogP contribution in [0.15, 0.2) is 41.4 Å². The van der Waals surface area contributed by atoms with Gasteiger partial charge in [0.15, 0.2) is 17.7 Å². The van der Waals surface area contributed by atoms with Crippen molar-refractivity contribution >= 4 is 35.4 Å². The Morgan fingerprint density at radius 3 is 2.27 bits per heavy atom. The van der Waals surface area contributed by atoms with Gasteiger partial charge < -0.3 is 21.7 Å². The number of anilines is 2. The first-order valence-electron chi connectivity index (χ1n) is 8.58. The molecule has 156 valence electrons. The minimum Gasteiger partial charge on any atom is -0.368 e. The van der Waals surface area contributed by atoms with Crippen LogP contribution in [-0.4, -0.2) is 35.6 Å². The van der Waals surface area contributed by atoms with Gasteiger partial charge in [-0.15, -0.1) is 0 Å². The minimum atomic E-state index is -1.48. The smallest absolute Gasteiger partial charge is 0.258 e. The fourth-order valence-corrected chi connectivity index (χ4v) is 2.78. The van der Waals surface area contributed by atoms with Crippen molar-refractivity contribution in [2.75, 3.05) is 10.6 Å². The maximum atomic E-state index is 13.7. The molecule has 2 aromatic rings. The first-order valence-corrected chi connectivity index (χ1v) is 8.58. The molecule has 0 radical (unpaired) electrons. The highest BCUT2D eigenvalue weighted by Gasteiger charge is 2.46. The standard InChI is InChI=1S/C19H16F3N5O3/c1-19(18(23)30)15(24-8-25-19)17(29)27-11-4-2-10(3-5-11)26-16(28)12-6-9(20)7-13(21)14(12)22/h2-8,15H,1H3,(H2,23,30)(H,24,25)(H,26,28)(H,27,29). The predicted molar refractivity (Wildman–Crippen MR) is 102 cm³/mol. The summed E-state index contributed by atoms with van der Waals surface area (Å²) in [7, 11) is 0. The minimum absolute atomic E-state index is 0.185. The topological polar surface area (TPSA) is 126 Å². The molecule has 0 bridgehead atoms. The van der Waals surface area contributed by atoms with Gasteiger partial charge in [-0.1, -0.05) is 0 Å². The van der Waals surface area contributed by atoms with Crippen LogP contribution in [-0.2, 0) is 9.59 Å². The lowest BCUT2D eigenvalue weighted by Gasteiger charge is -2.26. The Hall–Kier alpha value is -3.89. The van der Waals surface area contributed by atoms with Crippen LogP contribution >= 0.6 is 0 Å². The van der Waals surface area contributed by atoms with Gasteiger partial charge in [-0.2, -0.15) is 0 Å². The Kier molecular flexibility index (Phi) is 5.45. The number of primary amides is 1. The van der Waals surface area contributed by atoms with Crippen molar-refractivity contribution in [3.05, 3.63) is 59.4 Å². The quantitative estimate of drug-likeness (QED) is 0.549. The summed E-state index contributed by atoms with van der Waals surface area (Å²) in [5, 5.41) is 7.50. The van der Waals surface area contributed by atoms with Gasteiger partial charge >= 0.3 is 0 Å². The molecule has 11 heteroatoms. The number of rotatable bonds is 5. The van der Waals surface area contributed by atoms with Gasteiger partial charge in [0, 0.05) is 17.4 Å². The van der Waals surface area contributed by atoms with Crippen molar-refractivity contribution in [1.82, 2.24) is 5.32 Å². The SMILES string of the molecule is CC1(C(N)=O)NC=NC1C(=O)Nc1ccc(NC(=O)c2cc(F)cc(F)c2F)cc1. The highest BCUT2D eigenvalue weighted by atomic mass is 19.2. The molecule has 1 aliphatic rings. The number of carbonyl (C=O) groups is 3. The largest absolute Gasteiger partial charge is 0.368 e. The fourth-order valence-electron chi connectivity index (χ4n) is 2.78. The lowest BCUT2D eigenvalue weighted by molar-refractivity contribution is -0.128. The van der Waals surface area contributed by atoms with E-state index in [1.54, 1.807) is 0 Å². The van der Waals surface area contributed by atoms with E-state index in [1.165, 1.54) is 37.5 Å². The summed E-state index contributed by atoms with van der Waals surface area (Å²) in [4.78, 5) is 40.0.